The summed E-state index contributed by atoms with van der Waals surface area (Å²) in [6.45, 7) is 1.57. The zero-order valence-electron chi connectivity index (χ0n) is 14.2. The summed E-state index contributed by atoms with van der Waals surface area (Å²) in [4.78, 5) is 19.1. The maximum Gasteiger partial charge on any atom is 0.227 e. The van der Waals surface area contributed by atoms with E-state index >= 15 is 0 Å². The fourth-order valence-corrected chi connectivity index (χ4v) is 3.68. The smallest absolute Gasteiger partial charge is 0.227 e. The molecule has 5 nitrogen and oxygen atoms in total. The Morgan fingerprint density at radius 3 is 2.92 bits per heavy atom. The molecule has 1 aliphatic heterocycles. The van der Waals surface area contributed by atoms with Gasteiger partial charge in [0.15, 0.2) is 5.82 Å². The van der Waals surface area contributed by atoms with Crippen molar-refractivity contribution in [2.75, 3.05) is 13.1 Å². The van der Waals surface area contributed by atoms with Gasteiger partial charge in [-0.3, -0.25) is 4.79 Å². The van der Waals surface area contributed by atoms with Crippen molar-refractivity contribution in [3.63, 3.8) is 0 Å². The molecule has 0 radical (unpaired) electrons. The van der Waals surface area contributed by atoms with Crippen LogP contribution in [0.25, 0.3) is 0 Å². The van der Waals surface area contributed by atoms with Crippen LogP contribution in [-0.2, 0) is 17.6 Å². The molecule has 0 N–H and O–H groups in total. The first-order valence-corrected chi connectivity index (χ1v) is 9.40. The minimum Gasteiger partial charge on any atom is -0.342 e. The largest absolute Gasteiger partial charge is 0.342 e. The predicted octanol–water partition coefficient (Wildman–Crippen LogP) is 3.62. The Morgan fingerprint density at radius 1 is 1.28 bits per heavy atom. The number of aromatic nitrogens is 2. The summed E-state index contributed by atoms with van der Waals surface area (Å²) < 4.78 is 5.39. The summed E-state index contributed by atoms with van der Waals surface area (Å²) in [6, 6.07) is 7.55. The molecule has 132 valence electrons. The highest BCUT2D eigenvalue weighted by molar-refractivity contribution is 6.31. The van der Waals surface area contributed by atoms with Gasteiger partial charge in [0.05, 0.1) is 6.42 Å². The minimum atomic E-state index is 0.141. The van der Waals surface area contributed by atoms with E-state index in [1.54, 1.807) is 0 Å². The Bertz CT molecular complexity index is 757. The summed E-state index contributed by atoms with van der Waals surface area (Å²) >= 11 is 6.18. The van der Waals surface area contributed by atoms with Crippen molar-refractivity contribution in [3.05, 3.63) is 46.6 Å². The molecular formula is C19H22ClN3O2. The van der Waals surface area contributed by atoms with E-state index in [-0.39, 0.29) is 5.91 Å². The van der Waals surface area contributed by atoms with Crippen LogP contribution >= 0.6 is 11.6 Å². The van der Waals surface area contributed by atoms with E-state index < -0.39 is 0 Å². The molecule has 1 saturated carbocycles. The lowest BCUT2D eigenvalue weighted by atomic mass is 9.94. The number of hydrogen-bond acceptors (Lipinski definition) is 4. The summed E-state index contributed by atoms with van der Waals surface area (Å²) in [6.07, 6.45) is 5.58. The van der Waals surface area contributed by atoms with Crippen LogP contribution in [0.1, 0.15) is 48.9 Å². The molecule has 6 heteroatoms. The molecule has 1 aromatic carbocycles. The summed E-state index contributed by atoms with van der Waals surface area (Å²) in [5.74, 6) is 2.61. The third-order valence-electron chi connectivity index (χ3n) is 5.06. The van der Waals surface area contributed by atoms with Crippen LogP contribution in [0.3, 0.4) is 0 Å². The maximum absolute atomic E-state index is 12.6. The second kappa shape index (κ2) is 7.16. The topological polar surface area (TPSA) is 59.2 Å². The van der Waals surface area contributed by atoms with E-state index in [1.165, 1.54) is 12.8 Å². The van der Waals surface area contributed by atoms with Gasteiger partial charge in [0.2, 0.25) is 11.8 Å². The van der Waals surface area contributed by atoms with Crippen molar-refractivity contribution in [2.45, 2.75) is 44.4 Å². The summed E-state index contributed by atoms with van der Waals surface area (Å²) in [5.41, 5.74) is 0.891. The van der Waals surface area contributed by atoms with Crippen LogP contribution < -0.4 is 0 Å². The molecule has 2 aromatic rings. The number of likely N-dealkylation sites (tertiary alicyclic amines) is 1. The van der Waals surface area contributed by atoms with Gasteiger partial charge >= 0.3 is 0 Å². The zero-order chi connectivity index (χ0) is 17.2. The van der Waals surface area contributed by atoms with Crippen LogP contribution in [0.2, 0.25) is 5.02 Å². The van der Waals surface area contributed by atoms with Gasteiger partial charge in [-0.25, -0.2) is 0 Å². The second-order valence-corrected chi connectivity index (χ2v) is 7.55. The third-order valence-corrected chi connectivity index (χ3v) is 5.43. The van der Waals surface area contributed by atoms with Crippen molar-refractivity contribution in [1.82, 2.24) is 15.0 Å². The van der Waals surface area contributed by atoms with Gasteiger partial charge in [-0.2, -0.15) is 4.98 Å². The highest BCUT2D eigenvalue weighted by Crippen LogP contribution is 2.38. The molecule has 2 heterocycles. The number of carbonyl (C=O) groups is 1. The number of piperidine rings is 1. The first-order valence-electron chi connectivity index (χ1n) is 9.02. The fourth-order valence-electron chi connectivity index (χ4n) is 3.48. The van der Waals surface area contributed by atoms with Gasteiger partial charge in [-0.1, -0.05) is 35.0 Å². The van der Waals surface area contributed by atoms with Crippen molar-refractivity contribution >= 4 is 17.5 Å². The van der Waals surface area contributed by atoms with Crippen LogP contribution in [0, 0.1) is 5.92 Å². The monoisotopic (exact) mass is 359 g/mol. The predicted molar refractivity (Wildman–Crippen MR) is 94.4 cm³/mol. The Hall–Kier alpha value is -1.88. The average Bonchev–Trinajstić information content (AvgIpc) is 3.37. The lowest BCUT2D eigenvalue weighted by Gasteiger charge is -2.32. The van der Waals surface area contributed by atoms with Crippen molar-refractivity contribution in [1.29, 1.82) is 0 Å². The highest BCUT2D eigenvalue weighted by atomic mass is 35.5. The Kier molecular flexibility index (Phi) is 4.75. The van der Waals surface area contributed by atoms with E-state index in [0.717, 1.165) is 43.7 Å². The molecule has 0 bridgehead atoms. The molecule has 0 spiro atoms. The average molecular weight is 360 g/mol. The Morgan fingerprint density at radius 2 is 2.12 bits per heavy atom. The van der Waals surface area contributed by atoms with E-state index in [9.17, 15) is 4.79 Å². The van der Waals surface area contributed by atoms with Crippen LogP contribution in [0.4, 0.5) is 0 Å². The second-order valence-electron chi connectivity index (χ2n) is 7.14. The van der Waals surface area contributed by atoms with Crippen molar-refractivity contribution < 1.29 is 9.32 Å². The van der Waals surface area contributed by atoms with Crippen LogP contribution in [0.5, 0.6) is 0 Å². The summed E-state index contributed by atoms with van der Waals surface area (Å²) in [5, 5.41) is 4.74. The van der Waals surface area contributed by atoms with Crippen LogP contribution in [0.15, 0.2) is 28.8 Å². The van der Waals surface area contributed by atoms with Gasteiger partial charge < -0.3 is 9.42 Å². The Balaban J connectivity index is 1.35. The molecule has 1 saturated heterocycles. The molecule has 4 rings (SSSR count). The molecule has 1 aliphatic carbocycles. The third kappa shape index (κ3) is 4.03. The van der Waals surface area contributed by atoms with E-state index in [4.69, 9.17) is 16.1 Å². The quantitative estimate of drug-likeness (QED) is 0.818. The molecule has 1 atom stereocenters. The molecule has 25 heavy (non-hydrogen) atoms. The van der Waals surface area contributed by atoms with E-state index in [2.05, 4.69) is 10.1 Å². The fraction of sp³-hybridized carbons (Fsp3) is 0.526. The lowest BCUT2D eigenvalue weighted by Crippen LogP contribution is -2.41. The number of hydrogen-bond donors (Lipinski definition) is 0. The number of carbonyl (C=O) groups excluding carboxylic acids is 1. The van der Waals surface area contributed by atoms with Gasteiger partial charge in [-0.05, 0) is 43.2 Å². The van der Waals surface area contributed by atoms with Gasteiger partial charge in [0.25, 0.3) is 0 Å². The lowest BCUT2D eigenvalue weighted by molar-refractivity contribution is -0.132. The number of halogens is 1. The van der Waals surface area contributed by atoms with Gasteiger partial charge in [0, 0.05) is 30.5 Å². The number of nitrogens with zero attached hydrogens (tertiary/aromatic N) is 3. The minimum absolute atomic E-state index is 0.141. The molecular weight excluding hydrogens is 338 g/mol. The number of rotatable bonds is 5. The van der Waals surface area contributed by atoms with Gasteiger partial charge in [0.1, 0.15) is 0 Å². The maximum atomic E-state index is 12.6. The zero-order valence-corrected chi connectivity index (χ0v) is 14.9. The van der Waals surface area contributed by atoms with Crippen molar-refractivity contribution in [3.8, 4) is 0 Å². The van der Waals surface area contributed by atoms with Gasteiger partial charge in [-0.15, -0.1) is 0 Å². The van der Waals surface area contributed by atoms with Crippen molar-refractivity contribution in [2.24, 2.45) is 5.92 Å². The van der Waals surface area contributed by atoms with E-state index in [1.807, 2.05) is 29.2 Å². The molecule has 2 fully saturated rings. The standard InChI is InChI=1S/C19H22ClN3O2/c20-16-6-2-1-5-15(16)11-18(24)23-9-3-4-13(12-23)10-17-21-19(22-25-17)14-7-8-14/h1-2,5-6,13-14H,3-4,7-12H2/t13-/m0/s1. The normalized spacial score (nSPS) is 20.7. The first-order chi connectivity index (χ1) is 12.2. The number of amides is 1. The van der Waals surface area contributed by atoms with E-state index in [0.29, 0.717) is 29.2 Å². The molecule has 0 unspecified atom stereocenters. The summed E-state index contributed by atoms with van der Waals surface area (Å²) in [7, 11) is 0. The highest BCUT2D eigenvalue weighted by Gasteiger charge is 2.30. The first kappa shape index (κ1) is 16.6. The number of benzene rings is 1. The SMILES string of the molecule is O=C(Cc1ccccc1Cl)N1CCC[C@@H](Cc2nc(C3CC3)no2)C1. The molecule has 2 aliphatic rings. The molecule has 1 amide bonds. The van der Waals surface area contributed by atoms with Crippen LogP contribution in [-0.4, -0.2) is 34.0 Å². The molecule has 1 aromatic heterocycles. The Labute approximate surface area is 152 Å².